The van der Waals surface area contributed by atoms with E-state index in [1.165, 1.54) is 0 Å². The zero-order valence-electron chi connectivity index (χ0n) is 10.1. The van der Waals surface area contributed by atoms with E-state index in [0.717, 1.165) is 31.6 Å². The number of aliphatic hydroxyl groups excluding tert-OH is 1. The van der Waals surface area contributed by atoms with Crippen molar-refractivity contribution in [2.45, 2.75) is 25.9 Å². The first-order valence-corrected chi connectivity index (χ1v) is 5.81. The van der Waals surface area contributed by atoms with E-state index in [0.29, 0.717) is 19.1 Å². The van der Waals surface area contributed by atoms with Crippen LogP contribution >= 0.6 is 0 Å². The molecule has 0 radical (unpaired) electrons. The molecule has 0 saturated carbocycles. The largest absolute Gasteiger partial charge is 0.411 e. The van der Waals surface area contributed by atoms with E-state index in [1.54, 1.807) is 7.11 Å². The van der Waals surface area contributed by atoms with E-state index in [4.69, 9.17) is 9.94 Å². The van der Waals surface area contributed by atoms with Crippen LogP contribution in [0.25, 0.3) is 0 Å². The molecule has 0 aromatic heterocycles. The summed E-state index contributed by atoms with van der Waals surface area (Å²) in [7, 11) is 1.59. The number of β-amino-alcohol motifs (C(OH)–C–C–N with tert-alkyl or cyclic N) is 1. The lowest BCUT2D eigenvalue weighted by Gasteiger charge is -2.33. The third-order valence-electron chi connectivity index (χ3n) is 3.08. The Balaban J connectivity index is 2.41. The molecule has 16 heavy (non-hydrogen) atoms. The lowest BCUT2D eigenvalue weighted by atomic mass is 9.93. The fourth-order valence-electron chi connectivity index (χ4n) is 2.19. The Labute approximate surface area is 96.7 Å². The fraction of sp³-hybridized carbons (Fsp3) is 0.909. The van der Waals surface area contributed by atoms with Crippen molar-refractivity contribution >= 4 is 5.71 Å². The molecule has 0 aromatic carbocycles. The molecule has 0 bridgehead atoms. The quantitative estimate of drug-likeness (QED) is 0.535. The molecule has 0 spiro atoms. The summed E-state index contributed by atoms with van der Waals surface area (Å²) in [5.41, 5.74) is 0.889. The van der Waals surface area contributed by atoms with Crippen LogP contribution in [0.3, 0.4) is 0 Å². The van der Waals surface area contributed by atoms with E-state index < -0.39 is 6.10 Å². The van der Waals surface area contributed by atoms with Gasteiger partial charge in [-0.3, -0.25) is 4.90 Å². The van der Waals surface area contributed by atoms with Gasteiger partial charge in [0.25, 0.3) is 0 Å². The monoisotopic (exact) mass is 230 g/mol. The zero-order valence-corrected chi connectivity index (χ0v) is 10.1. The summed E-state index contributed by atoms with van der Waals surface area (Å²) in [6, 6.07) is 0. The topological polar surface area (TPSA) is 65.3 Å². The van der Waals surface area contributed by atoms with Gasteiger partial charge in [0.05, 0.1) is 18.4 Å². The Hall–Kier alpha value is -0.650. The molecule has 5 nitrogen and oxygen atoms in total. The van der Waals surface area contributed by atoms with Crippen molar-refractivity contribution in [1.29, 1.82) is 0 Å². The number of ether oxygens (including phenoxy) is 1. The Kier molecular flexibility index (Phi) is 5.73. The van der Waals surface area contributed by atoms with E-state index in [2.05, 4.69) is 17.0 Å². The minimum absolute atomic E-state index is 0.313. The van der Waals surface area contributed by atoms with E-state index >= 15 is 0 Å². The van der Waals surface area contributed by atoms with Gasteiger partial charge < -0.3 is 15.1 Å². The molecule has 1 aliphatic rings. The number of oxime groups is 1. The van der Waals surface area contributed by atoms with Gasteiger partial charge in [-0.05, 0) is 6.42 Å². The van der Waals surface area contributed by atoms with Crippen LogP contribution in [-0.2, 0) is 4.74 Å². The number of piperidine rings is 1. The van der Waals surface area contributed by atoms with Gasteiger partial charge in [0.15, 0.2) is 0 Å². The Morgan fingerprint density at radius 1 is 1.62 bits per heavy atom. The first-order valence-electron chi connectivity index (χ1n) is 5.81. The van der Waals surface area contributed by atoms with Crippen LogP contribution in [0.15, 0.2) is 5.16 Å². The predicted molar refractivity (Wildman–Crippen MR) is 61.9 cm³/mol. The normalized spacial score (nSPS) is 27.2. The van der Waals surface area contributed by atoms with Crippen molar-refractivity contribution in [3.63, 3.8) is 0 Å². The van der Waals surface area contributed by atoms with Crippen LogP contribution < -0.4 is 0 Å². The van der Waals surface area contributed by atoms with Crippen LogP contribution in [0.4, 0.5) is 0 Å². The van der Waals surface area contributed by atoms with E-state index in [-0.39, 0.29) is 0 Å². The van der Waals surface area contributed by atoms with Crippen LogP contribution in [0.5, 0.6) is 0 Å². The van der Waals surface area contributed by atoms with Gasteiger partial charge in [-0.25, -0.2) is 0 Å². The summed E-state index contributed by atoms with van der Waals surface area (Å²) < 4.78 is 4.90. The molecular weight excluding hydrogens is 208 g/mol. The van der Waals surface area contributed by atoms with Crippen molar-refractivity contribution in [2.75, 3.05) is 33.4 Å². The average Bonchev–Trinajstić information content (AvgIpc) is 2.29. The highest BCUT2D eigenvalue weighted by Crippen LogP contribution is 2.17. The molecule has 2 atom stereocenters. The third kappa shape index (κ3) is 3.73. The Morgan fingerprint density at radius 2 is 2.38 bits per heavy atom. The molecular formula is C11H22N2O3. The highest BCUT2D eigenvalue weighted by molar-refractivity contribution is 5.87. The minimum Gasteiger partial charge on any atom is -0.411 e. The van der Waals surface area contributed by atoms with Crippen LogP contribution in [0.2, 0.25) is 0 Å². The maximum absolute atomic E-state index is 9.64. The number of hydrogen-bond acceptors (Lipinski definition) is 5. The highest BCUT2D eigenvalue weighted by atomic mass is 16.5. The molecule has 1 rings (SSSR count). The smallest absolute Gasteiger partial charge is 0.0900 e. The van der Waals surface area contributed by atoms with Crippen molar-refractivity contribution in [1.82, 2.24) is 4.90 Å². The molecule has 1 aliphatic heterocycles. The van der Waals surface area contributed by atoms with Crippen LogP contribution in [0, 0.1) is 5.92 Å². The highest BCUT2D eigenvalue weighted by Gasteiger charge is 2.25. The van der Waals surface area contributed by atoms with Gasteiger partial charge in [0.1, 0.15) is 0 Å². The number of hydrogen-bond donors (Lipinski definition) is 2. The number of rotatable bonds is 5. The van der Waals surface area contributed by atoms with Gasteiger partial charge in [0, 0.05) is 39.1 Å². The molecule has 2 N–H and O–H groups in total. The average molecular weight is 230 g/mol. The summed E-state index contributed by atoms with van der Waals surface area (Å²) in [6.45, 7) is 4.79. The molecule has 94 valence electrons. The maximum atomic E-state index is 9.64. The lowest BCUT2D eigenvalue weighted by Crippen LogP contribution is -2.44. The third-order valence-corrected chi connectivity index (χ3v) is 3.08. The number of likely N-dealkylation sites (tertiary alicyclic amines) is 1. The van der Waals surface area contributed by atoms with E-state index in [9.17, 15) is 5.11 Å². The second kappa shape index (κ2) is 6.83. The molecule has 1 fully saturated rings. The van der Waals surface area contributed by atoms with Gasteiger partial charge in [-0.2, -0.15) is 0 Å². The van der Waals surface area contributed by atoms with Gasteiger partial charge in [0.2, 0.25) is 0 Å². The maximum Gasteiger partial charge on any atom is 0.0900 e. The minimum atomic E-state index is -0.435. The summed E-state index contributed by atoms with van der Waals surface area (Å²) in [5, 5.41) is 21.8. The SMILES string of the molecule is CCC1CN(CC(O)COC)CCC1=NO. The van der Waals surface area contributed by atoms with Gasteiger partial charge in [-0.1, -0.05) is 12.1 Å². The van der Waals surface area contributed by atoms with Crippen LogP contribution in [-0.4, -0.2) is 60.4 Å². The number of nitrogens with zero attached hydrogens (tertiary/aromatic N) is 2. The fourth-order valence-corrected chi connectivity index (χ4v) is 2.19. The standard InChI is InChI=1S/C11H22N2O3/c1-3-9-6-13(5-4-11(9)12-15)7-10(14)8-16-2/h9-10,14-15H,3-8H2,1-2H3. The van der Waals surface area contributed by atoms with Gasteiger partial charge >= 0.3 is 0 Å². The van der Waals surface area contributed by atoms with Gasteiger partial charge in [-0.15, -0.1) is 0 Å². The molecule has 1 heterocycles. The van der Waals surface area contributed by atoms with Crippen molar-refractivity contribution < 1.29 is 15.1 Å². The van der Waals surface area contributed by atoms with E-state index in [1.807, 2.05) is 0 Å². The first-order chi connectivity index (χ1) is 7.71. The first kappa shape index (κ1) is 13.4. The summed E-state index contributed by atoms with van der Waals surface area (Å²) in [4.78, 5) is 2.20. The molecule has 1 saturated heterocycles. The van der Waals surface area contributed by atoms with Crippen molar-refractivity contribution in [3.05, 3.63) is 0 Å². The van der Waals surface area contributed by atoms with Crippen LogP contribution in [0.1, 0.15) is 19.8 Å². The second-order valence-corrected chi connectivity index (χ2v) is 4.32. The zero-order chi connectivity index (χ0) is 12.0. The van der Waals surface area contributed by atoms with Crippen molar-refractivity contribution in [3.8, 4) is 0 Å². The Bertz CT molecular complexity index is 233. The predicted octanol–water partition coefficient (Wildman–Crippen LogP) is 0.556. The molecule has 0 aromatic rings. The number of aliphatic hydroxyl groups is 1. The second-order valence-electron chi connectivity index (χ2n) is 4.32. The molecule has 2 unspecified atom stereocenters. The number of methoxy groups -OCH3 is 1. The summed E-state index contributed by atoms with van der Waals surface area (Å²) >= 11 is 0. The lowest BCUT2D eigenvalue weighted by molar-refractivity contribution is 0.0341. The Morgan fingerprint density at radius 3 is 2.94 bits per heavy atom. The van der Waals surface area contributed by atoms with Crippen molar-refractivity contribution in [2.24, 2.45) is 11.1 Å². The molecule has 0 aliphatic carbocycles. The summed E-state index contributed by atoms with van der Waals surface area (Å²) in [6.07, 6.45) is 1.32. The molecule has 5 heteroatoms. The summed E-state index contributed by atoms with van der Waals surface area (Å²) in [5.74, 6) is 0.313. The molecule has 0 amide bonds.